The van der Waals surface area contributed by atoms with Crippen LogP contribution in [0.4, 0.5) is 0 Å². The molecule has 0 amide bonds. The molecule has 0 bridgehead atoms. The predicted octanol–water partition coefficient (Wildman–Crippen LogP) is 2.62. The molecule has 4 heteroatoms. The number of benzene rings is 1. The lowest BCUT2D eigenvalue weighted by Crippen LogP contribution is -2.35. The van der Waals surface area contributed by atoms with Gasteiger partial charge in [0.25, 0.3) is 0 Å². The van der Waals surface area contributed by atoms with Crippen LogP contribution in [-0.2, 0) is 0 Å². The Labute approximate surface area is 118 Å². The summed E-state index contributed by atoms with van der Waals surface area (Å²) in [7, 11) is 2.09. The normalized spacial score (nSPS) is 21.3. The monoisotopic (exact) mass is 273 g/mol. The standard InChI is InChI=1S/C15H16ClN3/c1-18-14-4-2-3-9-19(14)13(10-17)15(18)11-5-7-12(16)8-6-11/h2-9,14H,10,17H2,1H3. The quantitative estimate of drug-likeness (QED) is 0.899. The van der Waals surface area contributed by atoms with Gasteiger partial charge in [-0.1, -0.05) is 29.8 Å². The second-order valence-electron chi connectivity index (χ2n) is 4.66. The molecule has 2 aliphatic heterocycles. The minimum absolute atomic E-state index is 0.217. The van der Waals surface area contributed by atoms with E-state index in [0.717, 1.165) is 16.3 Å². The molecule has 0 saturated heterocycles. The van der Waals surface area contributed by atoms with E-state index in [2.05, 4.69) is 35.2 Å². The van der Waals surface area contributed by atoms with Crippen LogP contribution in [0, 0.1) is 0 Å². The fourth-order valence-corrected chi connectivity index (χ4v) is 2.82. The molecule has 0 saturated carbocycles. The lowest BCUT2D eigenvalue weighted by atomic mass is 10.1. The summed E-state index contributed by atoms with van der Waals surface area (Å²) >= 11 is 5.96. The van der Waals surface area contributed by atoms with Gasteiger partial charge < -0.3 is 15.5 Å². The zero-order chi connectivity index (χ0) is 13.4. The van der Waals surface area contributed by atoms with Gasteiger partial charge in [-0.3, -0.25) is 0 Å². The summed E-state index contributed by atoms with van der Waals surface area (Å²) in [6, 6.07) is 7.90. The number of likely N-dealkylation sites (N-methyl/N-ethyl adjacent to an activating group) is 1. The molecule has 0 aromatic heterocycles. The molecule has 0 fully saturated rings. The first-order valence-electron chi connectivity index (χ1n) is 6.27. The van der Waals surface area contributed by atoms with Crippen molar-refractivity contribution in [2.24, 2.45) is 5.73 Å². The Morgan fingerprint density at radius 3 is 2.63 bits per heavy atom. The smallest absolute Gasteiger partial charge is 0.125 e. The molecule has 1 atom stereocenters. The van der Waals surface area contributed by atoms with E-state index in [4.69, 9.17) is 17.3 Å². The van der Waals surface area contributed by atoms with Crippen LogP contribution in [0.3, 0.4) is 0 Å². The first-order chi connectivity index (χ1) is 9.22. The van der Waals surface area contributed by atoms with Crippen LogP contribution in [0.5, 0.6) is 0 Å². The molecule has 1 aromatic carbocycles. The lowest BCUT2D eigenvalue weighted by molar-refractivity contribution is 0.272. The molecule has 0 radical (unpaired) electrons. The molecule has 1 aromatic rings. The van der Waals surface area contributed by atoms with E-state index >= 15 is 0 Å². The van der Waals surface area contributed by atoms with E-state index in [-0.39, 0.29) is 6.17 Å². The molecular formula is C15H16ClN3. The molecule has 2 N–H and O–H groups in total. The van der Waals surface area contributed by atoms with Gasteiger partial charge in [-0.2, -0.15) is 0 Å². The zero-order valence-corrected chi connectivity index (χ0v) is 11.5. The highest BCUT2D eigenvalue weighted by Crippen LogP contribution is 2.36. The van der Waals surface area contributed by atoms with E-state index in [1.54, 1.807) is 0 Å². The van der Waals surface area contributed by atoms with Gasteiger partial charge in [0.2, 0.25) is 0 Å². The maximum absolute atomic E-state index is 5.96. The Morgan fingerprint density at radius 2 is 1.95 bits per heavy atom. The van der Waals surface area contributed by atoms with Gasteiger partial charge in [0.05, 0.1) is 11.4 Å². The highest BCUT2D eigenvalue weighted by Gasteiger charge is 2.33. The number of fused-ring (bicyclic) bond motifs is 1. The Bertz CT molecular complexity index is 572. The molecule has 2 aliphatic rings. The minimum Gasteiger partial charge on any atom is -0.349 e. The van der Waals surface area contributed by atoms with Gasteiger partial charge in [0.15, 0.2) is 0 Å². The third-order valence-corrected chi connectivity index (χ3v) is 3.82. The summed E-state index contributed by atoms with van der Waals surface area (Å²) in [6.07, 6.45) is 8.56. The maximum atomic E-state index is 5.96. The molecule has 98 valence electrons. The van der Waals surface area contributed by atoms with Crippen LogP contribution in [0.1, 0.15) is 5.56 Å². The van der Waals surface area contributed by atoms with Crippen LogP contribution in [0.15, 0.2) is 54.4 Å². The van der Waals surface area contributed by atoms with Crippen molar-refractivity contribution in [3.05, 3.63) is 65.0 Å². The lowest BCUT2D eigenvalue weighted by Gasteiger charge is -2.29. The number of halogens is 1. The number of nitrogens with zero attached hydrogens (tertiary/aromatic N) is 2. The molecule has 1 unspecified atom stereocenters. The summed E-state index contributed by atoms with van der Waals surface area (Å²) in [5.74, 6) is 0. The van der Waals surface area contributed by atoms with Crippen molar-refractivity contribution in [1.82, 2.24) is 9.80 Å². The van der Waals surface area contributed by atoms with Crippen LogP contribution < -0.4 is 5.73 Å². The fraction of sp³-hybridized carbons (Fsp3) is 0.200. The number of hydrogen-bond acceptors (Lipinski definition) is 3. The van der Waals surface area contributed by atoms with Crippen molar-refractivity contribution >= 4 is 17.3 Å². The molecule has 2 heterocycles. The van der Waals surface area contributed by atoms with Gasteiger partial charge in [0.1, 0.15) is 6.17 Å². The van der Waals surface area contributed by atoms with E-state index in [1.165, 1.54) is 5.70 Å². The Hall–Kier alpha value is -1.71. The van der Waals surface area contributed by atoms with E-state index in [9.17, 15) is 0 Å². The van der Waals surface area contributed by atoms with Gasteiger partial charge in [0, 0.05) is 24.8 Å². The van der Waals surface area contributed by atoms with Gasteiger partial charge in [-0.15, -0.1) is 0 Å². The van der Waals surface area contributed by atoms with Crippen molar-refractivity contribution in [2.75, 3.05) is 13.6 Å². The second-order valence-corrected chi connectivity index (χ2v) is 5.10. The van der Waals surface area contributed by atoms with Gasteiger partial charge >= 0.3 is 0 Å². The number of nitrogens with two attached hydrogens (primary N) is 1. The predicted molar refractivity (Wildman–Crippen MR) is 79.1 cm³/mol. The van der Waals surface area contributed by atoms with Crippen molar-refractivity contribution in [2.45, 2.75) is 6.17 Å². The van der Waals surface area contributed by atoms with Crippen molar-refractivity contribution < 1.29 is 0 Å². The average molecular weight is 274 g/mol. The van der Waals surface area contributed by atoms with Gasteiger partial charge in [-0.05, 0) is 29.8 Å². The summed E-state index contributed by atoms with van der Waals surface area (Å²) < 4.78 is 0. The Morgan fingerprint density at radius 1 is 1.21 bits per heavy atom. The summed E-state index contributed by atoms with van der Waals surface area (Å²) in [5.41, 5.74) is 9.39. The molecule has 3 rings (SSSR count). The third kappa shape index (κ3) is 1.95. The molecule has 0 aliphatic carbocycles. The van der Waals surface area contributed by atoms with Gasteiger partial charge in [-0.25, -0.2) is 0 Å². The van der Waals surface area contributed by atoms with Crippen LogP contribution >= 0.6 is 11.6 Å². The SMILES string of the molecule is CN1C(c2ccc(Cl)cc2)=C(CN)N2C=CC=CC12. The molecule has 3 nitrogen and oxygen atoms in total. The fourth-order valence-electron chi connectivity index (χ4n) is 2.69. The number of rotatable bonds is 2. The molecular weight excluding hydrogens is 258 g/mol. The third-order valence-electron chi connectivity index (χ3n) is 3.57. The highest BCUT2D eigenvalue weighted by atomic mass is 35.5. The Kier molecular flexibility index (Phi) is 3.09. The van der Waals surface area contributed by atoms with E-state index < -0.39 is 0 Å². The molecule has 19 heavy (non-hydrogen) atoms. The highest BCUT2D eigenvalue weighted by molar-refractivity contribution is 6.30. The maximum Gasteiger partial charge on any atom is 0.125 e. The van der Waals surface area contributed by atoms with Crippen LogP contribution in [-0.4, -0.2) is 29.6 Å². The largest absolute Gasteiger partial charge is 0.349 e. The summed E-state index contributed by atoms with van der Waals surface area (Å²) in [6.45, 7) is 0.511. The number of allylic oxidation sites excluding steroid dienone is 2. The van der Waals surface area contributed by atoms with E-state index in [0.29, 0.717) is 6.54 Å². The summed E-state index contributed by atoms with van der Waals surface area (Å²) in [4.78, 5) is 4.45. The Balaban J connectivity index is 2.08. The van der Waals surface area contributed by atoms with Crippen molar-refractivity contribution in [1.29, 1.82) is 0 Å². The molecule has 0 spiro atoms. The topological polar surface area (TPSA) is 32.5 Å². The van der Waals surface area contributed by atoms with Crippen molar-refractivity contribution in [3.8, 4) is 0 Å². The summed E-state index contributed by atoms with van der Waals surface area (Å²) in [5, 5.41) is 0.747. The van der Waals surface area contributed by atoms with E-state index in [1.807, 2.05) is 30.3 Å². The first-order valence-corrected chi connectivity index (χ1v) is 6.65. The van der Waals surface area contributed by atoms with Crippen molar-refractivity contribution in [3.63, 3.8) is 0 Å². The second kappa shape index (κ2) is 4.76. The van der Waals surface area contributed by atoms with Crippen LogP contribution in [0.2, 0.25) is 5.02 Å². The van der Waals surface area contributed by atoms with Crippen LogP contribution in [0.25, 0.3) is 5.70 Å². The first kappa shape index (κ1) is 12.3. The number of hydrogen-bond donors (Lipinski definition) is 1. The minimum atomic E-state index is 0.217. The average Bonchev–Trinajstić information content (AvgIpc) is 2.73. The zero-order valence-electron chi connectivity index (χ0n) is 10.8.